The maximum Gasteiger partial charge on any atom is 0.338 e. The van der Waals surface area contributed by atoms with Crippen molar-refractivity contribution in [2.24, 2.45) is 24.0 Å². The van der Waals surface area contributed by atoms with Gasteiger partial charge in [-0.05, 0) is 38.7 Å². The van der Waals surface area contributed by atoms with Crippen LogP contribution in [0.1, 0.15) is 36.3 Å². The van der Waals surface area contributed by atoms with Crippen LogP contribution >= 0.6 is 0 Å². The molecule has 1 aromatic carbocycles. The minimum Gasteiger partial charge on any atom is -0.347 e. The highest BCUT2D eigenvalue weighted by Gasteiger charge is 2.34. The van der Waals surface area contributed by atoms with E-state index >= 15 is 0 Å². The van der Waals surface area contributed by atoms with Crippen molar-refractivity contribution in [3.8, 4) is 0 Å². The van der Waals surface area contributed by atoms with E-state index in [1.54, 1.807) is 0 Å². The Morgan fingerprint density at radius 1 is 1.29 bits per heavy atom. The Labute approximate surface area is 163 Å². The average molecular weight is 376 g/mol. The highest BCUT2D eigenvalue weighted by Crippen LogP contribution is 2.36. The van der Waals surface area contributed by atoms with E-state index in [1.807, 2.05) is 19.3 Å². The Hall–Kier alpha value is -2.89. The minimum absolute atomic E-state index is 0.0364. The molecule has 144 valence electrons. The number of aromatic nitrogens is 3. The average Bonchev–Trinajstić information content (AvgIpc) is 3.43. The lowest BCUT2D eigenvalue weighted by atomic mass is 9.84. The minimum atomic E-state index is -0.197. The van der Waals surface area contributed by atoms with E-state index in [0.717, 1.165) is 49.3 Å². The summed E-state index contributed by atoms with van der Waals surface area (Å²) in [6, 6.07) is 8.39. The van der Waals surface area contributed by atoms with Crippen molar-refractivity contribution >= 4 is 22.6 Å². The topological polar surface area (TPSA) is 61.4 Å². The van der Waals surface area contributed by atoms with Crippen molar-refractivity contribution in [3.05, 3.63) is 53.7 Å². The maximum atomic E-state index is 12.2. The second-order valence-corrected chi connectivity index (χ2v) is 7.92. The molecule has 0 bridgehead atoms. The Kier molecular flexibility index (Phi) is 4.07. The van der Waals surface area contributed by atoms with Gasteiger partial charge in [0.05, 0.1) is 11.6 Å². The molecule has 0 saturated heterocycles. The summed E-state index contributed by atoms with van der Waals surface area (Å²) < 4.78 is 4.40. The van der Waals surface area contributed by atoms with Crippen LogP contribution in [0.5, 0.6) is 0 Å². The second kappa shape index (κ2) is 6.62. The zero-order valence-electron chi connectivity index (χ0n) is 16.3. The molecule has 2 heterocycles. The Morgan fingerprint density at radius 2 is 2.11 bits per heavy atom. The van der Waals surface area contributed by atoms with Crippen LogP contribution in [-0.2, 0) is 29.6 Å². The molecular weight excluding hydrogens is 352 g/mol. The smallest absolute Gasteiger partial charge is 0.338 e. The summed E-state index contributed by atoms with van der Waals surface area (Å²) in [6.07, 6.45) is 7.61. The molecule has 3 aromatic rings. The third-order valence-electron chi connectivity index (χ3n) is 6.09. The van der Waals surface area contributed by atoms with Gasteiger partial charge in [0.2, 0.25) is 0 Å². The summed E-state index contributed by atoms with van der Waals surface area (Å²) in [5.41, 5.74) is 4.48. The number of imidazole rings is 1. The summed E-state index contributed by atoms with van der Waals surface area (Å²) in [6.45, 7) is 2.80. The van der Waals surface area contributed by atoms with E-state index in [0.29, 0.717) is 0 Å². The van der Waals surface area contributed by atoms with Gasteiger partial charge in [-0.2, -0.15) is 0 Å². The molecule has 1 saturated carbocycles. The molecule has 1 atom stereocenters. The third kappa shape index (κ3) is 2.84. The monoisotopic (exact) mass is 376 g/mol. The number of aryl methyl sites for hydroxylation is 2. The molecule has 2 aliphatic rings. The van der Waals surface area contributed by atoms with E-state index in [1.165, 1.54) is 16.6 Å². The molecule has 0 radical (unpaired) electrons. The number of hydrogen-bond acceptors (Lipinski definition) is 4. The van der Waals surface area contributed by atoms with Crippen molar-refractivity contribution in [1.29, 1.82) is 0 Å². The van der Waals surface area contributed by atoms with Crippen molar-refractivity contribution in [2.75, 3.05) is 0 Å². The standard InChI is InChI=1S/C22H24N4O2/c1-14-23-11-12-26(14)13-16-9-10-19-20(17-5-3-4-6-18(17)25(19)2)21(16)24-28-22(27)15-7-8-15/h3-6,11-12,15-16H,7-10,13H2,1-2H3. The highest BCUT2D eigenvalue weighted by molar-refractivity contribution is 6.14. The first-order valence-corrected chi connectivity index (χ1v) is 9.96. The Balaban J connectivity index is 1.59. The third-order valence-corrected chi connectivity index (χ3v) is 6.09. The maximum absolute atomic E-state index is 12.2. The van der Waals surface area contributed by atoms with Gasteiger partial charge in [-0.25, -0.2) is 9.78 Å². The van der Waals surface area contributed by atoms with Crippen molar-refractivity contribution in [1.82, 2.24) is 14.1 Å². The fourth-order valence-corrected chi connectivity index (χ4v) is 4.30. The number of para-hydroxylation sites is 1. The first-order chi connectivity index (χ1) is 13.6. The van der Waals surface area contributed by atoms with Crippen LogP contribution in [0.2, 0.25) is 0 Å². The summed E-state index contributed by atoms with van der Waals surface area (Å²) in [5, 5.41) is 5.64. The van der Waals surface area contributed by atoms with Crippen LogP contribution in [-0.4, -0.2) is 25.8 Å². The van der Waals surface area contributed by atoms with Crippen molar-refractivity contribution < 1.29 is 9.63 Å². The lowest BCUT2D eigenvalue weighted by Crippen LogP contribution is -2.28. The SMILES string of the molecule is Cc1nccn1CC1CCc2c(c3ccccc3n2C)C1=NOC(=O)C1CC1. The van der Waals surface area contributed by atoms with Gasteiger partial charge in [0.25, 0.3) is 0 Å². The van der Waals surface area contributed by atoms with E-state index in [4.69, 9.17) is 4.84 Å². The van der Waals surface area contributed by atoms with Gasteiger partial charge in [-0.15, -0.1) is 0 Å². The van der Waals surface area contributed by atoms with Gasteiger partial charge in [-0.1, -0.05) is 23.4 Å². The summed E-state index contributed by atoms with van der Waals surface area (Å²) in [5.74, 6) is 1.00. The van der Waals surface area contributed by atoms with Gasteiger partial charge in [0.1, 0.15) is 5.82 Å². The molecular formula is C22H24N4O2. The molecule has 1 fully saturated rings. The molecule has 0 N–H and O–H groups in total. The zero-order chi connectivity index (χ0) is 19.3. The van der Waals surface area contributed by atoms with Gasteiger partial charge < -0.3 is 14.0 Å². The summed E-state index contributed by atoms with van der Waals surface area (Å²) in [7, 11) is 2.11. The largest absolute Gasteiger partial charge is 0.347 e. The molecule has 0 spiro atoms. The van der Waals surface area contributed by atoms with E-state index in [2.05, 4.69) is 50.6 Å². The predicted octanol–water partition coefficient (Wildman–Crippen LogP) is 3.60. The zero-order valence-corrected chi connectivity index (χ0v) is 16.3. The number of fused-ring (bicyclic) bond motifs is 3. The van der Waals surface area contributed by atoms with E-state index in [9.17, 15) is 4.79 Å². The lowest BCUT2D eigenvalue weighted by molar-refractivity contribution is -0.145. The van der Waals surface area contributed by atoms with Crippen molar-refractivity contribution in [2.45, 2.75) is 39.2 Å². The number of carbonyl (C=O) groups is 1. The molecule has 6 heteroatoms. The van der Waals surface area contributed by atoms with Crippen LogP contribution in [0.4, 0.5) is 0 Å². The van der Waals surface area contributed by atoms with Crippen LogP contribution in [0.25, 0.3) is 10.9 Å². The molecule has 0 amide bonds. The number of oxime groups is 1. The number of nitrogens with zero attached hydrogens (tertiary/aromatic N) is 4. The normalized spacial score (nSPS) is 20.5. The molecule has 5 rings (SSSR count). The van der Waals surface area contributed by atoms with E-state index < -0.39 is 0 Å². The van der Waals surface area contributed by atoms with Crippen LogP contribution < -0.4 is 0 Å². The lowest BCUT2D eigenvalue weighted by Gasteiger charge is -2.25. The molecule has 28 heavy (non-hydrogen) atoms. The quantitative estimate of drug-likeness (QED) is 0.516. The van der Waals surface area contributed by atoms with E-state index in [-0.39, 0.29) is 17.8 Å². The fraction of sp³-hybridized carbons (Fsp3) is 0.409. The first kappa shape index (κ1) is 17.2. The number of carbonyl (C=O) groups excluding carboxylic acids is 1. The van der Waals surface area contributed by atoms with Gasteiger partial charge in [0.15, 0.2) is 0 Å². The summed E-state index contributed by atoms with van der Waals surface area (Å²) >= 11 is 0. The van der Waals surface area contributed by atoms with Crippen LogP contribution in [0.3, 0.4) is 0 Å². The number of hydrogen-bond donors (Lipinski definition) is 0. The number of rotatable bonds is 4. The van der Waals surface area contributed by atoms with Crippen LogP contribution in [0, 0.1) is 18.8 Å². The predicted molar refractivity (Wildman–Crippen MR) is 107 cm³/mol. The van der Waals surface area contributed by atoms with Gasteiger partial charge >= 0.3 is 5.97 Å². The summed E-state index contributed by atoms with van der Waals surface area (Å²) in [4.78, 5) is 21.9. The molecule has 1 unspecified atom stereocenters. The molecule has 2 aromatic heterocycles. The van der Waals surface area contributed by atoms with Gasteiger partial charge in [0, 0.05) is 54.1 Å². The highest BCUT2D eigenvalue weighted by atomic mass is 16.7. The molecule has 6 nitrogen and oxygen atoms in total. The Bertz CT molecular complexity index is 1090. The number of benzene rings is 1. The van der Waals surface area contributed by atoms with Crippen LogP contribution in [0.15, 0.2) is 41.8 Å². The first-order valence-electron chi connectivity index (χ1n) is 9.96. The Morgan fingerprint density at radius 3 is 2.86 bits per heavy atom. The fourth-order valence-electron chi connectivity index (χ4n) is 4.30. The van der Waals surface area contributed by atoms with Crippen molar-refractivity contribution in [3.63, 3.8) is 0 Å². The second-order valence-electron chi connectivity index (χ2n) is 7.92. The van der Waals surface area contributed by atoms with Gasteiger partial charge in [-0.3, -0.25) is 0 Å². The molecule has 0 aliphatic heterocycles. The molecule has 2 aliphatic carbocycles.